The van der Waals surface area contributed by atoms with E-state index in [1.54, 1.807) is 0 Å². The van der Waals surface area contributed by atoms with E-state index in [0.717, 1.165) is 36.7 Å². The number of rotatable bonds is 3. The first-order valence-electron chi connectivity index (χ1n) is 12.4. The van der Waals surface area contributed by atoms with Gasteiger partial charge in [-0.2, -0.15) is 0 Å². The minimum absolute atomic E-state index is 0.112. The number of thiophene rings is 1. The van der Waals surface area contributed by atoms with Crippen LogP contribution in [0.25, 0.3) is 5.57 Å². The van der Waals surface area contributed by atoms with E-state index in [0.29, 0.717) is 12.0 Å². The van der Waals surface area contributed by atoms with E-state index in [2.05, 4.69) is 24.0 Å². The van der Waals surface area contributed by atoms with E-state index in [4.69, 9.17) is 4.74 Å². The summed E-state index contributed by atoms with van der Waals surface area (Å²) in [4.78, 5) is 7.02. The molecule has 0 atom stereocenters. The lowest BCUT2D eigenvalue weighted by molar-refractivity contribution is 0.123. The fraction of sp³-hybridized carbons (Fsp3) is 0.692. The topological polar surface area (TPSA) is 32.7 Å². The summed E-state index contributed by atoms with van der Waals surface area (Å²) >= 11 is 1.94. The Kier molecular flexibility index (Phi) is 6.75. The van der Waals surface area contributed by atoms with E-state index < -0.39 is 0 Å². The summed E-state index contributed by atoms with van der Waals surface area (Å²) in [6, 6.07) is 2.98. The first-order chi connectivity index (χ1) is 15.1. The molecule has 0 saturated heterocycles. The molecule has 1 N–H and O–H groups in total. The van der Waals surface area contributed by atoms with Crippen molar-refractivity contribution in [3.05, 3.63) is 21.9 Å². The van der Waals surface area contributed by atoms with Gasteiger partial charge in [0, 0.05) is 23.9 Å². The molecule has 5 rings (SSSR count). The molecule has 0 radical (unpaired) electrons. The van der Waals surface area contributed by atoms with Gasteiger partial charge in [0.25, 0.3) is 0 Å². The van der Waals surface area contributed by atoms with Crippen LogP contribution in [0, 0.1) is 11.8 Å². The lowest BCUT2D eigenvalue weighted by atomic mass is 9.82. The Balaban J connectivity index is 1.56. The van der Waals surface area contributed by atoms with Crippen molar-refractivity contribution in [1.82, 2.24) is 0 Å². The van der Waals surface area contributed by atoms with E-state index in [1.165, 1.54) is 77.4 Å². The molecule has 3 nitrogen and oxygen atoms in total. The predicted molar refractivity (Wildman–Crippen MR) is 136 cm³/mol. The molecule has 0 spiro atoms. The second-order valence-corrected chi connectivity index (χ2v) is 12.1. The zero-order chi connectivity index (χ0) is 21.4. The van der Waals surface area contributed by atoms with Crippen LogP contribution in [0.15, 0.2) is 12.1 Å². The third-order valence-electron chi connectivity index (χ3n) is 7.78. The number of aliphatic hydroxyl groups excluding tert-OH is 1. The van der Waals surface area contributed by atoms with Gasteiger partial charge in [-0.25, -0.2) is 0 Å². The largest absolute Gasteiger partial charge is 0.393 e. The molecule has 170 valence electrons. The molecule has 3 aliphatic carbocycles. The quantitative estimate of drug-likeness (QED) is 0.514. The van der Waals surface area contributed by atoms with Gasteiger partial charge in [-0.15, -0.1) is 11.3 Å². The first kappa shape index (κ1) is 21.9. The molecule has 2 fully saturated rings. The predicted octanol–water partition coefficient (Wildman–Crippen LogP) is 6.64. The van der Waals surface area contributed by atoms with Crippen LogP contribution < -0.4 is 4.90 Å². The molecular formula is C26H37NO2S2. The molecule has 1 aliphatic heterocycles. The van der Waals surface area contributed by atoms with E-state index in [-0.39, 0.29) is 6.10 Å². The Bertz CT molecular complexity index is 895. The summed E-state index contributed by atoms with van der Waals surface area (Å²) in [6.45, 7) is 2.41. The Morgan fingerprint density at radius 2 is 1.81 bits per heavy atom. The van der Waals surface area contributed by atoms with Crippen LogP contribution in [0.1, 0.15) is 93.7 Å². The Morgan fingerprint density at radius 1 is 1.03 bits per heavy atom. The summed E-state index contributed by atoms with van der Waals surface area (Å²) in [5.41, 5.74) is 2.93. The van der Waals surface area contributed by atoms with Gasteiger partial charge >= 0.3 is 0 Å². The molecule has 5 heteroatoms. The normalized spacial score (nSPS) is 31.8. The van der Waals surface area contributed by atoms with E-state index >= 15 is 0 Å². The van der Waals surface area contributed by atoms with Crippen LogP contribution in [-0.2, 0) is 4.74 Å². The van der Waals surface area contributed by atoms with Crippen LogP contribution in [-0.4, -0.2) is 34.4 Å². The highest BCUT2D eigenvalue weighted by atomic mass is 32.1. The molecule has 1 aromatic heterocycles. The Labute approximate surface area is 195 Å². The zero-order valence-electron chi connectivity index (χ0n) is 19.1. The minimum atomic E-state index is -0.112. The van der Waals surface area contributed by atoms with Crippen LogP contribution >= 0.6 is 22.3 Å². The zero-order valence-corrected chi connectivity index (χ0v) is 20.7. The molecule has 0 amide bonds. The number of aliphatic hydroxyl groups is 1. The third kappa shape index (κ3) is 4.48. The average Bonchev–Trinajstić information content (AvgIpc) is 3.25. The van der Waals surface area contributed by atoms with Crippen LogP contribution in [0.2, 0.25) is 0 Å². The lowest BCUT2D eigenvalue weighted by Gasteiger charge is -2.42. The first-order valence-corrected chi connectivity index (χ1v) is 14.0. The van der Waals surface area contributed by atoms with Crippen molar-refractivity contribution in [2.45, 2.75) is 96.1 Å². The lowest BCUT2D eigenvalue weighted by Crippen LogP contribution is -2.47. The molecule has 1 aromatic rings. The van der Waals surface area contributed by atoms with Crippen molar-refractivity contribution in [2.75, 3.05) is 12.0 Å². The molecule has 2 heterocycles. The maximum Gasteiger partial charge on any atom is 0.149 e. The molecule has 4 aliphatic rings. The number of hydrogen-bond acceptors (Lipinski definition) is 4. The summed E-state index contributed by atoms with van der Waals surface area (Å²) in [6.07, 6.45) is 16.7. The van der Waals surface area contributed by atoms with Gasteiger partial charge in [-0.3, -0.25) is 0 Å². The number of anilines is 1. The van der Waals surface area contributed by atoms with Crippen molar-refractivity contribution >= 4 is 43.6 Å². The number of methoxy groups -OCH3 is 1. The Hall–Kier alpha value is -0.880. The van der Waals surface area contributed by atoms with Crippen molar-refractivity contribution in [2.24, 2.45) is 11.8 Å². The van der Waals surface area contributed by atoms with Crippen molar-refractivity contribution in [1.29, 1.82) is 0 Å². The highest BCUT2D eigenvalue weighted by molar-refractivity contribution is 7.98. The summed E-state index contributed by atoms with van der Waals surface area (Å²) in [5.74, 6) is 1.50. The number of nitrogens with zero attached hydrogens (tertiary/aromatic N) is 1. The summed E-state index contributed by atoms with van der Waals surface area (Å²) < 4.78 is 6.00. The second-order valence-electron chi connectivity index (χ2n) is 10.0. The highest BCUT2D eigenvalue weighted by Gasteiger charge is 2.37. The van der Waals surface area contributed by atoms with E-state index in [1.807, 2.05) is 29.4 Å². The third-order valence-corrected chi connectivity index (χ3v) is 10.4. The number of hydrogen-bond donors (Lipinski definition) is 1. The standard InChI is InChI=1S/C26H37NO2S2/c1-17-8-10-19(11-9-17)25-27(20-12-14-21(28)15-13-20)22-16-23(18-6-4-3-5-7-18)30-24(22)26(29-2)31-25/h6,16-17,19-21,28H,3-5,7-15H2,1-2H3. The molecular weight excluding hydrogens is 422 g/mol. The molecule has 31 heavy (non-hydrogen) atoms. The van der Waals surface area contributed by atoms with Gasteiger partial charge in [-0.05, 0) is 81.8 Å². The van der Waals surface area contributed by atoms with Gasteiger partial charge in [0.2, 0.25) is 0 Å². The number of allylic oxidation sites excluding steroid dienone is 2. The maximum absolute atomic E-state index is 10.2. The van der Waals surface area contributed by atoms with Crippen LogP contribution in [0.3, 0.4) is 0 Å². The summed E-state index contributed by atoms with van der Waals surface area (Å²) in [7, 11) is 3.76. The average molecular weight is 460 g/mol. The second kappa shape index (κ2) is 9.54. The molecule has 2 saturated carbocycles. The number of fused-ring (bicyclic) bond motifs is 1. The van der Waals surface area contributed by atoms with Gasteiger partial charge in [0.15, 0.2) is 0 Å². The van der Waals surface area contributed by atoms with Crippen molar-refractivity contribution < 1.29 is 9.84 Å². The monoisotopic (exact) mass is 459 g/mol. The van der Waals surface area contributed by atoms with Gasteiger partial charge in [0.05, 0.1) is 21.7 Å². The van der Waals surface area contributed by atoms with E-state index in [9.17, 15) is 5.11 Å². The van der Waals surface area contributed by atoms with Gasteiger partial charge in [-0.1, -0.05) is 36.8 Å². The summed E-state index contributed by atoms with van der Waals surface area (Å²) in [5, 5.41) is 11.3. The fourth-order valence-electron chi connectivity index (χ4n) is 5.85. The SMILES string of the molecule is COC1=S=C(C2CCC(C)CC2)N(C2CCC(O)CC2)c2cc(C3=CCCCC3)sc21. The van der Waals surface area contributed by atoms with Gasteiger partial charge in [0.1, 0.15) is 5.05 Å². The van der Waals surface area contributed by atoms with Crippen molar-refractivity contribution in [3.63, 3.8) is 0 Å². The smallest absolute Gasteiger partial charge is 0.149 e. The Morgan fingerprint density at radius 3 is 2.48 bits per heavy atom. The highest BCUT2D eigenvalue weighted by Crippen LogP contribution is 2.44. The van der Waals surface area contributed by atoms with Gasteiger partial charge < -0.3 is 14.7 Å². The molecule has 0 unspecified atom stereocenters. The van der Waals surface area contributed by atoms with Crippen LogP contribution in [0.4, 0.5) is 5.69 Å². The fourth-order valence-corrected chi connectivity index (χ4v) is 8.45. The van der Waals surface area contributed by atoms with Crippen molar-refractivity contribution in [3.8, 4) is 0 Å². The maximum atomic E-state index is 10.2. The number of ether oxygens (including phenoxy) is 1. The van der Waals surface area contributed by atoms with Crippen LogP contribution in [0.5, 0.6) is 0 Å². The minimum Gasteiger partial charge on any atom is -0.393 e. The molecule has 0 bridgehead atoms. The molecule has 0 aromatic carbocycles.